The van der Waals surface area contributed by atoms with Gasteiger partial charge in [-0.25, -0.2) is 8.78 Å². The van der Waals surface area contributed by atoms with Crippen LogP contribution in [0.4, 0.5) is 14.5 Å². The molecule has 0 aliphatic carbocycles. The minimum atomic E-state index is -0.687. The molecule has 0 aliphatic rings. The SMILES string of the molecule is CCCCOCCOc1cc(F)c(N)cc1F. The van der Waals surface area contributed by atoms with Crippen molar-refractivity contribution in [3.05, 3.63) is 23.8 Å². The van der Waals surface area contributed by atoms with Gasteiger partial charge in [-0.3, -0.25) is 0 Å². The molecule has 0 heterocycles. The maximum absolute atomic E-state index is 13.2. The van der Waals surface area contributed by atoms with Crippen molar-refractivity contribution in [2.24, 2.45) is 0 Å². The molecule has 0 unspecified atom stereocenters. The van der Waals surface area contributed by atoms with E-state index >= 15 is 0 Å². The van der Waals surface area contributed by atoms with Crippen molar-refractivity contribution in [1.29, 1.82) is 0 Å². The molecule has 0 amide bonds. The van der Waals surface area contributed by atoms with Gasteiger partial charge in [0.05, 0.1) is 12.3 Å². The number of nitrogens with two attached hydrogens (primary N) is 1. The summed E-state index contributed by atoms with van der Waals surface area (Å²) < 4.78 is 36.6. The molecular weight excluding hydrogens is 228 g/mol. The van der Waals surface area contributed by atoms with Crippen LogP contribution in [0.2, 0.25) is 0 Å². The quantitative estimate of drug-likeness (QED) is 0.593. The fourth-order valence-electron chi connectivity index (χ4n) is 1.21. The zero-order valence-corrected chi connectivity index (χ0v) is 9.84. The molecule has 1 aromatic rings. The topological polar surface area (TPSA) is 44.5 Å². The Bertz CT molecular complexity index is 359. The Labute approximate surface area is 99.5 Å². The number of benzene rings is 1. The zero-order valence-electron chi connectivity index (χ0n) is 9.84. The first-order valence-corrected chi connectivity index (χ1v) is 5.60. The van der Waals surface area contributed by atoms with E-state index < -0.39 is 11.6 Å². The van der Waals surface area contributed by atoms with Crippen LogP contribution in [0, 0.1) is 11.6 Å². The standard InChI is InChI=1S/C12H17F2NO2/c1-2-3-4-16-5-6-17-12-8-9(13)11(15)7-10(12)14/h7-8H,2-6,15H2,1H3. The third kappa shape index (κ3) is 4.56. The maximum atomic E-state index is 13.2. The first-order chi connectivity index (χ1) is 8.15. The van der Waals surface area contributed by atoms with Crippen molar-refractivity contribution >= 4 is 5.69 Å². The van der Waals surface area contributed by atoms with Crippen LogP contribution >= 0.6 is 0 Å². The summed E-state index contributed by atoms with van der Waals surface area (Å²) in [5.41, 5.74) is 4.98. The third-order valence-corrected chi connectivity index (χ3v) is 2.18. The molecule has 0 atom stereocenters. The van der Waals surface area contributed by atoms with Crippen LogP contribution in [-0.4, -0.2) is 19.8 Å². The lowest BCUT2D eigenvalue weighted by molar-refractivity contribution is 0.0965. The van der Waals surface area contributed by atoms with Gasteiger partial charge < -0.3 is 15.2 Å². The van der Waals surface area contributed by atoms with Crippen LogP contribution in [0.3, 0.4) is 0 Å². The van der Waals surface area contributed by atoms with E-state index in [4.69, 9.17) is 15.2 Å². The Hall–Kier alpha value is -1.36. The summed E-state index contributed by atoms with van der Waals surface area (Å²) in [5.74, 6) is -1.50. The predicted molar refractivity (Wildman–Crippen MR) is 62.0 cm³/mol. The number of hydrogen-bond donors (Lipinski definition) is 1. The molecule has 17 heavy (non-hydrogen) atoms. The summed E-state index contributed by atoms with van der Waals surface area (Å²) in [6.07, 6.45) is 2.03. The van der Waals surface area contributed by atoms with Crippen LogP contribution in [0.5, 0.6) is 5.75 Å². The average molecular weight is 245 g/mol. The Morgan fingerprint density at radius 2 is 1.88 bits per heavy atom. The highest BCUT2D eigenvalue weighted by Crippen LogP contribution is 2.22. The zero-order chi connectivity index (χ0) is 12.7. The van der Waals surface area contributed by atoms with E-state index in [1.165, 1.54) is 0 Å². The third-order valence-electron chi connectivity index (χ3n) is 2.18. The van der Waals surface area contributed by atoms with E-state index in [-0.39, 0.29) is 18.0 Å². The Morgan fingerprint density at radius 1 is 1.12 bits per heavy atom. The summed E-state index contributed by atoms with van der Waals surface area (Å²) in [7, 11) is 0. The number of unbranched alkanes of at least 4 members (excludes halogenated alkanes) is 1. The van der Waals surface area contributed by atoms with Crippen molar-refractivity contribution in [2.45, 2.75) is 19.8 Å². The van der Waals surface area contributed by atoms with Gasteiger partial charge in [0.25, 0.3) is 0 Å². The van der Waals surface area contributed by atoms with Gasteiger partial charge in [0, 0.05) is 18.7 Å². The van der Waals surface area contributed by atoms with Crippen LogP contribution < -0.4 is 10.5 Å². The molecule has 1 rings (SSSR count). The average Bonchev–Trinajstić information content (AvgIpc) is 2.30. The van der Waals surface area contributed by atoms with E-state index in [9.17, 15) is 8.78 Å². The highest BCUT2D eigenvalue weighted by atomic mass is 19.1. The van der Waals surface area contributed by atoms with Crippen LogP contribution in [0.25, 0.3) is 0 Å². The molecule has 0 aliphatic heterocycles. The van der Waals surface area contributed by atoms with Gasteiger partial charge in [-0.1, -0.05) is 13.3 Å². The second-order valence-electron chi connectivity index (χ2n) is 3.62. The van der Waals surface area contributed by atoms with Crippen LogP contribution in [0.1, 0.15) is 19.8 Å². The van der Waals surface area contributed by atoms with Gasteiger partial charge in [0.2, 0.25) is 0 Å². The van der Waals surface area contributed by atoms with E-state index in [0.29, 0.717) is 13.2 Å². The molecule has 0 bridgehead atoms. The normalized spacial score (nSPS) is 10.5. The second kappa shape index (κ2) is 7.06. The number of nitrogen functional groups attached to an aromatic ring is 1. The summed E-state index contributed by atoms with van der Waals surface area (Å²) in [4.78, 5) is 0. The summed E-state index contributed by atoms with van der Waals surface area (Å²) in [5, 5.41) is 0. The first-order valence-electron chi connectivity index (χ1n) is 5.60. The first kappa shape index (κ1) is 13.7. The summed E-state index contributed by atoms with van der Waals surface area (Å²) in [6.45, 7) is 3.25. The molecule has 0 saturated carbocycles. The predicted octanol–water partition coefficient (Wildman–Crippen LogP) is 2.74. The highest BCUT2D eigenvalue weighted by molar-refractivity contribution is 5.44. The summed E-state index contributed by atoms with van der Waals surface area (Å²) in [6, 6.07) is 1.85. The van der Waals surface area contributed by atoms with Crippen LogP contribution in [0.15, 0.2) is 12.1 Å². The fourth-order valence-corrected chi connectivity index (χ4v) is 1.21. The molecular formula is C12H17F2NO2. The number of halogens is 2. The van der Waals surface area contributed by atoms with E-state index in [2.05, 4.69) is 6.92 Å². The Kier molecular flexibility index (Phi) is 5.69. The van der Waals surface area contributed by atoms with Crippen molar-refractivity contribution in [1.82, 2.24) is 0 Å². The number of hydrogen-bond acceptors (Lipinski definition) is 3. The summed E-state index contributed by atoms with van der Waals surface area (Å²) >= 11 is 0. The minimum absolute atomic E-state index is 0.143. The fraction of sp³-hybridized carbons (Fsp3) is 0.500. The molecule has 0 saturated heterocycles. The van der Waals surface area contributed by atoms with Gasteiger partial charge in [0.1, 0.15) is 12.4 Å². The second-order valence-corrected chi connectivity index (χ2v) is 3.62. The minimum Gasteiger partial charge on any atom is -0.488 e. The van der Waals surface area contributed by atoms with Gasteiger partial charge in [-0.05, 0) is 6.42 Å². The Balaban J connectivity index is 2.34. The monoisotopic (exact) mass is 245 g/mol. The van der Waals surface area contributed by atoms with Gasteiger partial charge in [-0.15, -0.1) is 0 Å². The largest absolute Gasteiger partial charge is 0.488 e. The maximum Gasteiger partial charge on any atom is 0.167 e. The van der Waals surface area contributed by atoms with Crippen molar-refractivity contribution in [3.63, 3.8) is 0 Å². The molecule has 2 N–H and O–H groups in total. The number of anilines is 1. The number of rotatable bonds is 7. The van der Waals surface area contributed by atoms with Gasteiger partial charge in [-0.2, -0.15) is 0 Å². The highest BCUT2D eigenvalue weighted by Gasteiger charge is 2.08. The van der Waals surface area contributed by atoms with Crippen molar-refractivity contribution < 1.29 is 18.3 Å². The van der Waals surface area contributed by atoms with Crippen LogP contribution in [-0.2, 0) is 4.74 Å². The number of ether oxygens (including phenoxy) is 2. The van der Waals surface area contributed by atoms with Crippen molar-refractivity contribution in [2.75, 3.05) is 25.6 Å². The van der Waals surface area contributed by atoms with E-state index in [0.717, 1.165) is 25.0 Å². The molecule has 96 valence electrons. The molecule has 0 aromatic heterocycles. The molecule has 0 spiro atoms. The molecule has 1 aromatic carbocycles. The van der Waals surface area contributed by atoms with E-state index in [1.807, 2.05) is 0 Å². The van der Waals surface area contributed by atoms with Crippen molar-refractivity contribution in [3.8, 4) is 5.75 Å². The smallest absolute Gasteiger partial charge is 0.167 e. The van der Waals surface area contributed by atoms with Gasteiger partial charge >= 0.3 is 0 Å². The molecule has 0 radical (unpaired) electrons. The lowest BCUT2D eigenvalue weighted by Crippen LogP contribution is -2.08. The molecule has 0 fully saturated rings. The molecule has 3 nitrogen and oxygen atoms in total. The Morgan fingerprint density at radius 3 is 2.59 bits per heavy atom. The van der Waals surface area contributed by atoms with E-state index in [1.54, 1.807) is 0 Å². The lowest BCUT2D eigenvalue weighted by Gasteiger charge is -2.08. The van der Waals surface area contributed by atoms with Gasteiger partial charge in [0.15, 0.2) is 11.6 Å². The molecule has 5 heteroatoms. The lowest BCUT2D eigenvalue weighted by atomic mass is 10.3.